The lowest BCUT2D eigenvalue weighted by atomic mass is 10.0. The van der Waals surface area contributed by atoms with Crippen LogP contribution in [0.15, 0.2) is 42.5 Å². The van der Waals surface area contributed by atoms with E-state index in [1.165, 1.54) is 56.5 Å². The fourth-order valence-electron chi connectivity index (χ4n) is 3.04. The van der Waals surface area contributed by atoms with Gasteiger partial charge in [-0.2, -0.15) is 0 Å². The van der Waals surface area contributed by atoms with Crippen LogP contribution in [0.1, 0.15) is 18.1 Å². The van der Waals surface area contributed by atoms with Crippen LogP contribution in [0.2, 0.25) is 0 Å². The van der Waals surface area contributed by atoms with Crippen molar-refractivity contribution >= 4 is 23.5 Å². The highest BCUT2D eigenvalue weighted by Gasteiger charge is 2.28. The second kappa shape index (κ2) is 10.8. The van der Waals surface area contributed by atoms with E-state index in [2.05, 4.69) is 10.6 Å². The number of ether oxygens (including phenoxy) is 1. The summed E-state index contributed by atoms with van der Waals surface area (Å²) in [5.74, 6) is -2.91. The Balaban J connectivity index is 2.24. The van der Waals surface area contributed by atoms with Crippen molar-refractivity contribution in [1.82, 2.24) is 10.6 Å². The van der Waals surface area contributed by atoms with E-state index in [0.717, 1.165) is 0 Å². The smallest absolute Gasteiger partial charge is 0.326 e. The Morgan fingerprint density at radius 3 is 2.28 bits per heavy atom. The van der Waals surface area contributed by atoms with Crippen LogP contribution in [0.25, 0.3) is 0 Å². The Morgan fingerprint density at radius 1 is 1.09 bits per heavy atom. The molecule has 2 amide bonds. The predicted octanol–water partition coefficient (Wildman–Crippen LogP) is 1.60. The number of nitro groups is 1. The average Bonchev–Trinajstić information content (AvgIpc) is 2.73. The molecule has 0 fully saturated rings. The van der Waals surface area contributed by atoms with Crippen molar-refractivity contribution in [3.63, 3.8) is 0 Å². The molecule has 2 atom stereocenters. The number of rotatable bonds is 10. The third-order valence-corrected chi connectivity index (χ3v) is 4.56. The van der Waals surface area contributed by atoms with Crippen molar-refractivity contribution in [2.75, 3.05) is 7.11 Å². The number of nitrogens with zero attached hydrogens (tertiary/aromatic N) is 1. The summed E-state index contributed by atoms with van der Waals surface area (Å²) in [4.78, 5) is 46.5. The molecule has 2 aromatic rings. The van der Waals surface area contributed by atoms with Crippen molar-refractivity contribution in [1.29, 1.82) is 0 Å². The highest BCUT2D eigenvalue weighted by atomic mass is 19.1. The van der Waals surface area contributed by atoms with E-state index in [1.54, 1.807) is 0 Å². The molecule has 170 valence electrons. The number of hydrogen-bond acceptors (Lipinski definition) is 6. The molecule has 11 heteroatoms. The van der Waals surface area contributed by atoms with Crippen molar-refractivity contribution in [3.8, 4) is 5.75 Å². The van der Waals surface area contributed by atoms with Crippen LogP contribution >= 0.6 is 0 Å². The minimum atomic E-state index is -1.46. The Morgan fingerprint density at radius 2 is 1.75 bits per heavy atom. The SMILES string of the molecule is COc1ccc([N+](=O)[O-])cc1C[C@H](NC(=O)[C@H](Cc1ccc(F)cc1)NC(C)=O)C(=O)O. The summed E-state index contributed by atoms with van der Waals surface area (Å²) < 4.78 is 18.3. The van der Waals surface area contributed by atoms with E-state index in [-0.39, 0.29) is 29.8 Å². The quantitative estimate of drug-likeness (QED) is 0.370. The lowest BCUT2D eigenvalue weighted by Gasteiger charge is -2.21. The number of halogens is 1. The van der Waals surface area contributed by atoms with Gasteiger partial charge < -0.3 is 20.5 Å². The van der Waals surface area contributed by atoms with Gasteiger partial charge in [0.2, 0.25) is 11.8 Å². The summed E-state index contributed by atoms with van der Waals surface area (Å²) in [6.07, 6.45) is -0.298. The number of non-ortho nitro benzene ring substituents is 1. The molecule has 0 aliphatic heterocycles. The minimum Gasteiger partial charge on any atom is -0.496 e. The van der Waals surface area contributed by atoms with Gasteiger partial charge in [-0.15, -0.1) is 0 Å². The summed E-state index contributed by atoms with van der Waals surface area (Å²) in [5, 5.41) is 25.4. The lowest BCUT2D eigenvalue weighted by molar-refractivity contribution is -0.384. The van der Waals surface area contributed by atoms with Gasteiger partial charge in [0.05, 0.1) is 12.0 Å². The number of hydrogen-bond donors (Lipinski definition) is 3. The highest BCUT2D eigenvalue weighted by molar-refractivity contribution is 5.90. The molecule has 0 radical (unpaired) electrons. The summed E-state index contributed by atoms with van der Waals surface area (Å²) in [6.45, 7) is 1.20. The monoisotopic (exact) mass is 447 g/mol. The van der Waals surface area contributed by atoms with E-state index in [9.17, 15) is 34.0 Å². The molecule has 2 aromatic carbocycles. The van der Waals surface area contributed by atoms with Crippen LogP contribution in [-0.2, 0) is 27.2 Å². The van der Waals surface area contributed by atoms with E-state index in [1.807, 2.05) is 0 Å². The maximum atomic E-state index is 13.1. The van der Waals surface area contributed by atoms with Gasteiger partial charge in [0.15, 0.2) is 0 Å². The summed E-state index contributed by atoms with van der Waals surface area (Å²) >= 11 is 0. The van der Waals surface area contributed by atoms with Gasteiger partial charge in [0.1, 0.15) is 23.7 Å². The molecule has 0 unspecified atom stereocenters. The maximum absolute atomic E-state index is 13.1. The van der Waals surface area contributed by atoms with E-state index in [4.69, 9.17) is 4.74 Å². The lowest BCUT2D eigenvalue weighted by Crippen LogP contribution is -2.52. The van der Waals surface area contributed by atoms with Gasteiger partial charge in [0.25, 0.3) is 5.69 Å². The Labute approximate surface area is 182 Å². The van der Waals surface area contributed by atoms with Crippen molar-refractivity contribution in [3.05, 3.63) is 69.5 Å². The van der Waals surface area contributed by atoms with Crippen molar-refractivity contribution in [2.45, 2.75) is 31.8 Å². The highest BCUT2D eigenvalue weighted by Crippen LogP contribution is 2.25. The maximum Gasteiger partial charge on any atom is 0.326 e. The van der Waals surface area contributed by atoms with Crippen LogP contribution in [-0.4, -0.2) is 47.0 Å². The van der Waals surface area contributed by atoms with Crippen LogP contribution in [0.3, 0.4) is 0 Å². The number of carboxylic acid groups (broad SMARTS) is 1. The van der Waals surface area contributed by atoms with Gasteiger partial charge in [-0.1, -0.05) is 12.1 Å². The molecule has 3 N–H and O–H groups in total. The van der Waals surface area contributed by atoms with Crippen LogP contribution in [0.4, 0.5) is 10.1 Å². The van der Waals surface area contributed by atoms with Crippen molar-refractivity contribution in [2.24, 2.45) is 0 Å². The number of carboxylic acids is 1. The molecule has 0 aliphatic rings. The second-order valence-electron chi connectivity index (χ2n) is 6.94. The molecule has 0 bridgehead atoms. The largest absolute Gasteiger partial charge is 0.496 e. The van der Waals surface area contributed by atoms with Crippen LogP contribution < -0.4 is 15.4 Å². The van der Waals surface area contributed by atoms with Gasteiger partial charge in [-0.3, -0.25) is 19.7 Å². The van der Waals surface area contributed by atoms with Gasteiger partial charge in [-0.25, -0.2) is 9.18 Å². The number of nitro benzene ring substituents is 1. The molecular formula is C21H22FN3O7. The fourth-order valence-corrected chi connectivity index (χ4v) is 3.04. The Bertz CT molecular complexity index is 1010. The normalized spacial score (nSPS) is 12.3. The molecule has 2 rings (SSSR count). The molecule has 0 heterocycles. The Kier molecular flexibility index (Phi) is 8.22. The number of benzene rings is 2. The standard InChI is InChI=1S/C21H22FN3O7/c1-12(26)23-17(9-13-3-5-15(22)6-4-13)20(27)24-18(21(28)29)11-14-10-16(25(30)31)7-8-19(14)32-2/h3-8,10,17-18H,9,11H2,1-2H3,(H,23,26)(H,24,27)(H,28,29)/t17-,18-/m0/s1. The van der Waals surface area contributed by atoms with Crippen molar-refractivity contribution < 1.29 is 33.5 Å². The number of carbonyl (C=O) groups excluding carboxylic acids is 2. The second-order valence-corrected chi connectivity index (χ2v) is 6.94. The fraction of sp³-hybridized carbons (Fsp3) is 0.286. The topological polar surface area (TPSA) is 148 Å². The number of carbonyl (C=O) groups is 3. The van der Waals surface area contributed by atoms with E-state index < -0.39 is 40.6 Å². The van der Waals surface area contributed by atoms with Gasteiger partial charge >= 0.3 is 5.97 Å². The van der Waals surface area contributed by atoms with E-state index in [0.29, 0.717) is 5.56 Å². The zero-order valence-electron chi connectivity index (χ0n) is 17.3. The minimum absolute atomic E-state index is 0.00182. The van der Waals surface area contributed by atoms with E-state index >= 15 is 0 Å². The first-order valence-corrected chi connectivity index (χ1v) is 9.46. The molecule has 0 saturated heterocycles. The number of aliphatic carboxylic acids is 1. The van der Waals surface area contributed by atoms with Crippen LogP contribution in [0.5, 0.6) is 5.75 Å². The summed E-state index contributed by atoms with van der Waals surface area (Å²) in [6, 6.07) is 6.44. The molecule has 0 aliphatic carbocycles. The first-order valence-electron chi connectivity index (χ1n) is 9.46. The summed E-state index contributed by atoms with van der Waals surface area (Å²) in [5.41, 5.74) is 0.500. The molecule has 32 heavy (non-hydrogen) atoms. The molecule has 0 aromatic heterocycles. The first kappa shape index (κ1) is 24.3. The number of amides is 2. The molecule has 0 saturated carbocycles. The molecule has 0 spiro atoms. The zero-order valence-corrected chi connectivity index (χ0v) is 17.3. The third kappa shape index (κ3) is 6.76. The number of methoxy groups -OCH3 is 1. The zero-order chi connectivity index (χ0) is 23.8. The third-order valence-electron chi connectivity index (χ3n) is 4.56. The Hall–Kier alpha value is -4.02. The first-order chi connectivity index (χ1) is 15.1. The average molecular weight is 447 g/mol. The number of nitrogens with one attached hydrogen (secondary N) is 2. The van der Waals surface area contributed by atoms with Gasteiger partial charge in [0, 0.05) is 37.5 Å². The summed E-state index contributed by atoms with van der Waals surface area (Å²) in [7, 11) is 1.33. The molecular weight excluding hydrogens is 425 g/mol. The molecule has 10 nitrogen and oxygen atoms in total. The van der Waals surface area contributed by atoms with Crippen LogP contribution in [0, 0.1) is 15.9 Å². The predicted molar refractivity (Wildman–Crippen MR) is 111 cm³/mol. The van der Waals surface area contributed by atoms with Gasteiger partial charge in [-0.05, 0) is 23.8 Å².